The summed E-state index contributed by atoms with van der Waals surface area (Å²) in [5, 5.41) is 22.8. The first-order valence-corrected chi connectivity index (χ1v) is 9.75. The zero-order valence-electron chi connectivity index (χ0n) is 15.8. The van der Waals surface area contributed by atoms with Gasteiger partial charge in [-0.2, -0.15) is 5.10 Å². The van der Waals surface area contributed by atoms with Crippen molar-refractivity contribution < 1.29 is 9.90 Å². The highest BCUT2D eigenvalue weighted by molar-refractivity contribution is 6.07. The number of hydrogen-bond acceptors (Lipinski definition) is 5. The van der Waals surface area contributed by atoms with Gasteiger partial charge in [0.05, 0.1) is 5.52 Å². The van der Waals surface area contributed by atoms with Crippen molar-refractivity contribution >= 4 is 22.6 Å². The van der Waals surface area contributed by atoms with E-state index in [4.69, 9.17) is 5.10 Å². The van der Waals surface area contributed by atoms with Gasteiger partial charge in [0.15, 0.2) is 5.60 Å². The zero-order valence-corrected chi connectivity index (χ0v) is 15.8. The number of nitrogens with zero attached hydrogens (tertiary/aromatic N) is 3. The van der Waals surface area contributed by atoms with Crippen LogP contribution in [0.3, 0.4) is 0 Å². The number of fused-ring (bicyclic) bond motifs is 2. The van der Waals surface area contributed by atoms with Crippen LogP contribution in [0.1, 0.15) is 25.3 Å². The van der Waals surface area contributed by atoms with E-state index in [9.17, 15) is 9.90 Å². The Bertz CT molecular complexity index is 1070. The van der Waals surface area contributed by atoms with Crippen LogP contribution in [0, 0.1) is 5.92 Å². The zero-order chi connectivity index (χ0) is 19.3. The Morgan fingerprint density at radius 2 is 2.04 bits per heavy atom. The molecule has 0 radical (unpaired) electrons. The van der Waals surface area contributed by atoms with Gasteiger partial charge >= 0.3 is 0 Å². The van der Waals surface area contributed by atoms with Gasteiger partial charge < -0.3 is 15.7 Å². The second-order valence-electron chi connectivity index (χ2n) is 7.85. The summed E-state index contributed by atoms with van der Waals surface area (Å²) in [4.78, 5) is 16.5. The van der Waals surface area contributed by atoms with Crippen LogP contribution in [0.4, 0.5) is 5.82 Å². The molecule has 2 aromatic heterocycles. The van der Waals surface area contributed by atoms with E-state index in [2.05, 4.69) is 26.4 Å². The summed E-state index contributed by atoms with van der Waals surface area (Å²) >= 11 is 0. The largest absolute Gasteiger partial charge is 0.375 e. The van der Waals surface area contributed by atoms with Crippen molar-refractivity contribution in [3.8, 4) is 11.3 Å². The molecule has 28 heavy (non-hydrogen) atoms. The lowest BCUT2D eigenvalue weighted by Gasteiger charge is -2.22. The third-order valence-electron chi connectivity index (χ3n) is 5.91. The van der Waals surface area contributed by atoms with Crippen LogP contribution in [0.2, 0.25) is 0 Å². The summed E-state index contributed by atoms with van der Waals surface area (Å²) in [7, 11) is 0. The van der Waals surface area contributed by atoms with Crippen molar-refractivity contribution in [1.29, 1.82) is 0 Å². The Balaban J connectivity index is 1.66. The van der Waals surface area contributed by atoms with Gasteiger partial charge in [-0.15, -0.1) is 0 Å². The highest BCUT2D eigenvalue weighted by Crippen LogP contribution is 2.42. The first-order valence-electron chi connectivity index (χ1n) is 9.75. The van der Waals surface area contributed by atoms with Gasteiger partial charge in [0, 0.05) is 29.3 Å². The average Bonchev–Trinajstić information content (AvgIpc) is 3.18. The Labute approximate surface area is 162 Å². The molecular weight excluding hydrogens is 354 g/mol. The standard InChI is InChI=1S/C21H23N5O2/c1-21(28)17-15(8-11-23-19(17)24-20(21)27)18-14-4-2-3-5-16(14)26(25-18)12-13-6-9-22-10-7-13/h2-5,8,11,13,22,28H,6-7,9-10,12H2,1H3,(H,23,24,27)/t21-/m0/s1. The number of amides is 1. The number of aromatic nitrogens is 3. The van der Waals surface area contributed by atoms with Crippen molar-refractivity contribution in [1.82, 2.24) is 20.1 Å². The van der Waals surface area contributed by atoms with Gasteiger partial charge in [-0.1, -0.05) is 18.2 Å². The number of aliphatic hydroxyl groups is 1. The third kappa shape index (κ3) is 2.62. The lowest BCUT2D eigenvalue weighted by Crippen LogP contribution is -2.30. The number of pyridine rings is 1. The van der Waals surface area contributed by atoms with E-state index in [0.717, 1.165) is 54.6 Å². The molecule has 0 spiro atoms. The van der Waals surface area contributed by atoms with Gasteiger partial charge in [-0.25, -0.2) is 4.98 Å². The fourth-order valence-corrected chi connectivity index (χ4v) is 4.36. The molecule has 7 nitrogen and oxygen atoms in total. The minimum atomic E-state index is -1.63. The monoisotopic (exact) mass is 377 g/mol. The lowest BCUT2D eigenvalue weighted by atomic mass is 9.92. The van der Waals surface area contributed by atoms with Crippen LogP contribution in [-0.4, -0.2) is 38.9 Å². The van der Waals surface area contributed by atoms with E-state index in [0.29, 0.717) is 17.3 Å². The van der Waals surface area contributed by atoms with Gasteiger partial charge in [0.25, 0.3) is 5.91 Å². The SMILES string of the molecule is C[C@@]1(O)C(=O)Nc2nccc(-c3nn(CC4CCNCC4)c4ccccc34)c21. The molecule has 7 heteroatoms. The summed E-state index contributed by atoms with van der Waals surface area (Å²) in [5.41, 5.74) is 1.46. The van der Waals surface area contributed by atoms with E-state index in [1.54, 1.807) is 6.20 Å². The van der Waals surface area contributed by atoms with Crippen LogP contribution < -0.4 is 10.6 Å². The topological polar surface area (TPSA) is 92.1 Å². The first kappa shape index (κ1) is 17.3. The van der Waals surface area contributed by atoms with Crippen LogP contribution in [0.5, 0.6) is 0 Å². The molecule has 2 aliphatic rings. The Morgan fingerprint density at radius 1 is 1.25 bits per heavy atom. The third-order valence-corrected chi connectivity index (χ3v) is 5.91. The van der Waals surface area contributed by atoms with Crippen molar-refractivity contribution in [3.63, 3.8) is 0 Å². The number of nitrogens with one attached hydrogen (secondary N) is 2. The predicted molar refractivity (Wildman–Crippen MR) is 107 cm³/mol. The molecule has 1 aromatic carbocycles. The Hall–Kier alpha value is -2.77. The smallest absolute Gasteiger partial charge is 0.262 e. The van der Waals surface area contributed by atoms with Gasteiger partial charge in [-0.05, 0) is 50.9 Å². The molecule has 1 fully saturated rings. The summed E-state index contributed by atoms with van der Waals surface area (Å²) < 4.78 is 2.08. The normalized spacial score (nSPS) is 22.4. The summed E-state index contributed by atoms with van der Waals surface area (Å²) in [6, 6.07) is 9.96. The number of piperidine rings is 1. The molecule has 1 saturated heterocycles. The molecule has 0 unspecified atom stereocenters. The number of para-hydroxylation sites is 1. The molecule has 5 rings (SSSR count). The highest BCUT2D eigenvalue weighted by atomic mass is 16.3. The predicted octanol–water partition coefficient (Wildman–Crippen LogP) is 2.26. The molecule has 144 valence electrons. The maximum Gasteiger partial charge on any atom is 0.262 e. The second-order valence-corrected chi connectivity index (χ2v) is 7.85. The minimum Gasteiger partial charge on any atom is -0.375 e. The summed E-state index contributed by atoms with van der Waals surface area (Å²) in [6.07, 6.45) is 3.93. The molecule has 4 heterocycles. The fourth-order valence-electron chi connectivity index (χ4n) is 4.36. The second kappa shape index (κ2) is 6.39. The van der Waals surface area contributed by atoms with Crippen molar-refractivity contribution in [3.05, 3.63) is 42.1 Å². The quantitative estimate of drug-likeness (QED) is 0.651. The molecule has 1 amide bonds. The summed E-state index contributed by atoms with van der Waals surface area (Å²) in [5.74, 6) is 0.539. The fraction of sp³-hybridized carbons (Fsp3) is 0.381. The molecule has 3 aromatic rings. The van der Waals surface area contributed by atoms with E-state index in [-0.39, 0.29) is 0 Å². The number of rotatable bonds is 3. The maximum atomic E-state index is 12.2. The number of hydrogen-bond donors (Lipinski definition) is 3. The number of carbonyl (C=O) groups is 1. The number of benzene rings is 1. The van der Waals surface area contributed by atoms with Crippen LogP contribution in [0.15, 0.2) is 36.5 Å². The van der Waals surface area contributed by atoms with E-state index >= 15 is 0 Å². The molecule has 0 saturated carbocycles. The maximum absolute atomic E-state index is 12.2. The van der Waals surface area contributed by atoms with Crippen molar-refractivity contribution in [2.45, 2.75) is 31.9 Å². The number of anilines is 1. The highest BCUT2D eigenvalue weighted by Gasteiger charge is 2.44. The van der Waals surface area contributed by atoms with Crippen LogP contribution >= 0.6 is 0 Å². The molecule has 3 N–H and O–H groups in total. The van der Waals surface area contributed by atoms with Crippen molar-refractivity contribution in [2.24, 2.45) is 5.92 Å². The Morgan fingerprint density at radius 3 is 2.86 bits per heavy atom. The first-order chi connectivity index (χ1) is 13.6. The van der Waals surface area contributed by atoms with E-state index in [1.165, 1.54) is 6.92 Å². The van der Waals surface area contributed by atoms with E-state index in [1.807, 2.05) is 24.3 Å². The molecule has 0 bridgehead atoms. The van der Waals surface area contributed by atoms with Gasteiger partial charge in [-0.3, -0.25) is 9.48 Å². The van der Waals surface area contributed by atoms with Gasteiger partial charge in [0.2, 0.25) is 0 Å². The average molecular weight is 377 g/mol. The van der Waals surface area contributed by atoms with Crippen molar-refractivity contribution in [2.75, 3.05) is 18.4 Å². The minimum absolute atomic E-state index is 0.407. The number of carbonyl (C=O) groups excluding carboxylic acids is 1. The van der Waals surface area contributed by atoms with E-state index < -0.39 is 11.5 Å². The van der Waals surface area contributed by atoms with Crippen LogP contribution in [0.25, 0.3) is 22.2 Å². The lowest BCUT2D eigenvalue weighted by molar-refractivity contribution is -0.131. The molecule has 1 atom stereocenters. The van der Waals surface area contributed by atoms with Gasteiger partial charge in [0.1, 0.15) is 11.5 Å². The Kier molecular flexibility index (Phi) is 3.96. The molecular formula is C21H23N5O2. The molecule has 2 aliphatic heterocycles. The van der Waals surface area contributed by atoms with Crippen LogP contribution in [-0.2, 0) is 16.9 Å². The molecule has 0 aliphatic carbocycles. The summed E-state index contributed by atoms with van der Waals surface area (Å²) in [6.45, 7) is 4.47.